The molecule has 0 fully saturated rings. The lowest BCUT2D eigenvalue weighted by Crippen LogP contribution is -3.00. The molecule has 2 heteroatoms. The van der Waals surface area contributed by atoms with Gasteiger partial charge in [0, 0.05) is 6.92 Å². The fraction of sp³-hybridized carbons (Fsp3) is 0.467. The number of unbranched alkanes of at least 4 members (excludes halogenated alkanes) is 1. The van der Waals surface area contributed by atoms with E-state index in [1.165, 1.54) is 42.6 Å². The molecule has 0 aliphatic rings. The number of nitrogens with two attached hydrogens (primary N) is 1. The van der Waals surface area contributed by atoms with Crippen LogP contribution in [-0.4, -0.2) is 6.54 Å². The maximum atomic E-state index is 2.36. The summed E-state index contributed by atoms with van der Waals surface area (Å²) in [5.74, 6) is 0. The van der Waals surface area contributed by atoms with Gasteiger partial charge >= 0.3 is 0 Å². The molecule has 0 aliphatic carbocycles. The maximum absolute atomic E-state index is 2.36. The molecule has 0 bridgehead atoms. The predicted molar refractivity (Wildman–Crippen MR) is 70.2 cm³/mol. The minimum absolute atomic E-state index is 0. The number of benzene rings is 1. The third kappa shape index (κ3) is 7.19. The summed E-state index contributed by atoms with van der Waals surface area (Å²) in [4.78, 5) is 0. The number of aryl methyl sites for hydroxylation is 1. The van der Waals surface area contributed by atoms with Gasteiger partial charge in [-0.05, 0) is 44.2 Å². The second-order valence-electron chi connectivity index (χ2n) is 4.62. The Morgan fingerprint density at radius 2 is 1.65 bits per heavy atom. The van der Waals surface area contributed by atoms with E-state index in [-0.39, 0.29) is 12.4 Å². The Hall–Kier alpha value is -0.790. The van der Waals surface area contributed by atoms with Crippen LogP contribution in [0.2, 0.25) is 0 Å². The van der Waals surface area contributed by atoms with E-state index in [1.54, 1.807) is 0 Å². The van der Waals surface area contributed by atoms with E-state index in [0.29, 0.717) is 0 Å². The third-order valence-electron chi connectivity index (χ3n) is 3.00. The van der Waals surface area contributed by atoms with Gasteiger partial charge in [-0.25, -0.2) is 0 Å². The molecule has 0 amide bonds. The summed E-state index contributed by atoms with van der Waals surface area (Å²) in [6, 6.07) is 10.7. The van der Waals surface area contributed by atoms with Gasteiger partial charge in [0.1, 0.15) is 5.70 Å². The first kappa shape index (κ1) is 16.2. The van der Waals surface area contributed by atoms with Crippen molar-refractivity contribution < 1.29 is 17.7 Å². The van der Waals surface area contributed by atoms with Gasteiger partial charge in [0.05, 0.1) is 6.54 Å². The monoisotopic (exact) mass is 253 g/mol. The zero-order valence-electron chi connectivity index (χ0n) is 11.2. The van der Waals surface area contributed by atoms with Gasteiger partial charge in [-0.15, -0.1) is 0 Å². The molecule has 1 nitrogen and oxygen atoms in total. The first-order valence-electron chi connectivity index (χ1n) is 6.21. The van der Waals surface area contributed by atoms with Crippen LogP contribution >= 0.6 is 0 Å². The van der Waals surface area contributed by atoms with E-state index in [9.17, 15) is 0 Å². The van der Waals surface area contributed by atoms with E-state index in [1.807, 2.05) is 0 Å². The number of hydrogen-bond acceptors (Lipinski definition) is 0. The lowest BCUT2D eigenvalue weighted by atomic mass is 10.1. The zero-order valence-corrected chi connectivity index (χ0v) is 11.9. The Bertz CT molecular complexity index is 326. The SMILES string of the molecule is CC(C)=C(C)[NH2+]CCCCc1ccccc1.[Cl-]. The molecular formula is C15H24ClN. The van der Waals surface area contributed by atoms with E-state index < -0.39 is 0 Å². The Labute approximate surface area is 112 Å². The van der Waals surface area contributed by atoms with Crippen LogP contribution in [0.4, 0.5) is 0 Å². The molecule has 96 valence electrons. The van der Waals surface area contributed by atoms with Crippen molar-refractivity contribution in [2.24, 2.45) is 0 Å². The maximum Gasteiger partial charge on any atom is 0.101 e. The molecule has 0 spiro atoms. The topological polar surface area (TPSA) is 16.6 Å². The first-order valence-corrected chi connectivity index (χ1v) is 6.21. The smallest absolute Gasteiger partial charge is 0.101 e. The number of hydrogen-bond donors (Lipinski definition) is 1. The highest BCUT2D eigenvalue weighted by Crippen LogP contribution is 2.03. The molecule has 1 rings (SSSR count). The van der Waals surface area contributed by atoms with Crippen molar-refractivity contribution in [3.8, 4) is 0 Å². The van der Waals surface area contributed by atoms with Gasteiger partial charge in [0.2, 0.25) is 0 Å². The number of quaternary nitrogens is 1. The van der Waals surface area contributed by atoms with Gasteiger partial charge in [-0.3, -0.25) is 0 Å². The van der Waals surface area contributed by atoms with Gasteiger partial charge in [0.25, 0.3) is 0 Å². The van der Waals surface area contributed by atoms with Crippen LogP contribution in [0.1, 0.15) is 39.2 Å². The molecule has 0 saturated carbocycles. The minimum Gasteiger partial charge on any atom is -1.00 e. The van der Waals surface area contributed by atoms with Crippen LogP contribution < -0.4 is 17.7 Å². The Morgan fingerprint density at radius 1 is 1.00 bits per heavy atom. The summed E-state index contributed by atoms with van der Waals surface area (Å²) in [6.45, 7) is 7.77. The van der Waals surface area contributed by atoms with Gasteiger partial charge in [0.15, 0.2) is 0 Å². The lowest BCUT2D eigenvalue weighted by Gasteiger charge is -2.03. The lowest BCUT2D eigenvalue weighted by molar-refractivity contribution is -0.607. The van der Waals surface area contributed by atoms with E-state index in [4.69, 9.17) is 0 Å². The normalized spacial score (nSPS) is 9.59. The predicted octanol–water partition coefficient (Wildman–Crippen LogP) is -0.109. The van der Waals surface area contributed by atoms with Crippen LogP contribution in [0, 0.1) is 0 Å². The van der Waals surface area contributed by atoms with Crippen LogP contribution in [0.25, 0.3) is 0 Å². The highest BCUT2D eigenvalue weighted by molar-refractivity contribution is 5.14. The Morgan fingerprint density at radius 3 is 2.24 bits per heavy atom. The second kappa shape index (κ2) is 9.26. The number of halogens is 1. The van der Waals surface area contributed by atoms with E-state index >= 15 is 0 Å². The molecule has 0 heterocycles. The van der Waals surface area contributed by atoms with Crippen molar-refractivity contribution >= 4 is 0 Å². The molecule has 1 aromatic rings. The number of rotatable bonds is 6. The molecule has 0 aliphatic heterocycles. The van der Waals surface area contributed by atoms with E-state index in [0.717, 1.165) is 0 Å². The van der Waals surface area contributed by atoms with Crippen molar-refractivity contribution in [1.29, 1.82) is 0 Å². The molecule has 17 heavy (non-hydrogen) atoms. The van der Waals surface area contributed by atoms with Crippen LogP contribution in [0.15, 0.2) is 41.6 Å². The van der Waals surface area contributed by atoms with Crippen LogP contribution in [0.5, 0.6) is 0 Å². The average Bonchev–Trinajstić information content (AvgIpc) is 2.29. The standard InChI is InChI=1S/C15H23N.ClH/c1-13(2)14(3)16-12-8-7-11-15-9-5-4-6-10-15;/h4-6,9-10,16H,7-8,11-12H2,1-3H3;1H. The van der Waals surface area contributed by atoms with Gasteiger partial charge < -0.3 is 17.7 Å². The quantitative estimate of drug-likeness (QED) is 0.682. The zero-order chi connectivity index (χ0) is 11.8. The highest BCUT2D eigenvalue weighted by atomic mass is 35.5. The summed E-state index contributed by atoms with van der Waals surface area (Å²) in [5, 5.41) is 2.36. The summed E-state index contributed by atoms with van der Waals surface area (Å²) in [7, 11) is 0. The van der Waals surface area contributed by atoms with Crippen molar-refractivity contribution in [2.45, 2.75) is 40.0 Å². The summed E-state index contributed by atoms with van der Waals surface area (Å²) < 4.78 is 0. The number of allylic oxidation sites excluding steroid dienone is 2. The Balaban J connectivity index is 0.00000256. The first-order chi connectivity index (χ1) is 7.70. The third-order valence-corrected chi connectivity index (χ3v) is 3.00. The van der Waals surface area contributed by atoms with E-state index in [2.05, 4.69) is 56.4 Å². The minimum atomic E-state index is 0. The molecule has 0 unspecified atom stereocenters. The summed E-state index contributed by atoms with van der Waals surface area (Å²) in [6.07, 6.45) is 3.79. The van der Waals surface area contributed by atoms with Crippen molar-refractivity contribution in [3.63, 3.8) is 0 Å². The molecule has 0 aromatic heterocycles. The highest BCUT2D eigenvalue weighted by Gasteiger charge is 1.97. The fourth-order valence-electron chi connectivity index (χ4n) is 1.64. The molecule has 2 N–H and O–H groups in total. The fourth-order valence-corrected chi connectivity index (χ4v) is 1.64. The van der Waals surface area contributed by atoms with Gasteiger partial charge in [-0.1, -0.05) is 30.3 Å². The molecule has 0 radical (unpaired) electrons. The molecule has 0 atom stereocenters. The van der Waals surface area contributed by atoms with Crippen LogP contribution in [-0.2, 0) is 6.42 Å². The van der Waals surface area contributed by atoms with Crippen LogP contribution in [0.3, 0.4) is 0 Å². The van der Waals surface area contributed by atoms with Crippen molar-refractivity contribution in [3.05, 3.63) is 47.2 Å². The molecular weight excluding hydrogens is 230 g/mol. The van der Waals surface area contributed by atoms with Crippen molar-refractivity contribution in [1.82, 2.24) is 0 Å². The molecule has 0 saturated heterocycles. The largest absolute Gasteiger partial charge is 1.00 e. The van der Waals surface area contributed by atoms with Gasteiger partial charge in [-0.2, -0.15) is 0 Å². The summed E-state index contributed by atoms with van der Waals surface area (Å²) >= 11 is 0. The Kier molecular flexibility index (Phi) is 8.83. The second-order valence-corrected chi connectivity index (χ2v) is 4.62. The molecule has 1 aromatic carbocycles. The average molecular weight is 254 g/mol. The summed E-state index contributed by atoms with van der Waals surface area (Å²) in [5.41, 5.74) is 4.34. The van der Waals surface area contributed by atoms with Crippen molar-refractivity contribution in [2.75, 3.05) is 6.54 Å².